The smallest absolute Gasteiger partial charge is 0.191 e. The van der Waals surface area contributed by atoms with Crippen molar-refractivity contribution in [3.8, 4) is 5.69 Å². The number of hydrogen-bond acceptors (Lipinski definition) is 3. The van der Waals surface area contributed by atoms with Crippen molar-refractivity contribution >= 4 is 17.7 Å². The van der Waals surface area contributed by atoms with Gasteiger partial charge in [-0.2, -0.15) is 0 Å². The molecule has 0 aliphatic heterocycles. The summed E-state index contributed by atoms with van der Waals surface area (Å²) in [5.74, 6) is 0.802. The van der Waals surface area contributed by atoms with E-state index in [0.29, 0.717) is 11.8 Å². The van der Waals surface area contributed by atoms with Crippen LogP contribution >= 0.6 is 11.8 Å². The van der Waals surface area contributed by atoms with Gasteiger partial charge in [-0.15, -0.1) is 11.8 Å². The molecule has 0 bridgehead atoms. The van der Waals surface area contributed by atoms with Gasteiger partial charge in [0.1, 0.15) is 0 Å². The average molecular weight is 380 g/mol. The molecule has 0 saturated carbocycles. The Morgan fingerprint density at radius 2 is 1.89 bits per heavy atom. The molecule has 1 atom stereocenters. The van der Waals surface area contributed by atoms with Gasteiger partial charge in [-0.25, -0.2) is 4.98 Å². The molecule has 0 aliphatic carbocycles. The molecule has 0 saturated heterocycles. The summed E-state index contributed by atoms with van der Waals surface area (Å²) in [7, 11) is 1.80. The minimum absolute atomic E-state index is 0.434. The molecule has 1 heterocycles. The van der Waals surface area contributed by atoms with Crippen molar-refractivity contribution in [3.63, 3.8) is 0 Å². The van der Waals surface area contributed by atoms with Crippen LogP contribution in [-0.2, 0) is 6.54 Å². The molecule has 0 radical (unpaired) electrons. The van der Waals surface area contributed by atoms with Crippen molar-refractivity contribution in [1.82, 2.24) is 20.2 Å². The van der Waals surface area contributed by atoms with Gasteiger partial charge in [-0.3, -0.25) is 4.99 Å². The summed E-state index contributed by atoms with van der Waals surface area (Å²) in [5.41, 5.74) is 2.30. The van der Waals surface area contributed by atoms with E-state index in [1.54, 1.807) is 13.2 Å². The Labute approximate surface area is 164 Å². The summed E-state index contributed by atoms with van der Waals surface area (Å²) in [4.78, 5) is 9.76. The van der Waals surface area contributed by atoms with E-state index in [1.807, 2.05) is 47.1 Å². The molecule has 0 spiro atoms. The van der Waals surface area contributed by atoms with Crippen LogP contribution in [0.1, 0.15) is 12.5 Å². The predicted molar refractivity (Wildman–Crippen MR) is 114 cm³/mol. The summed E-state index contributed by atoms with van der Waals surface area (Å²) in [6, 6.07) is 18.8. The summed E-state index contributed by atoms with van der Waals surface area (Å²) in [5, 5.41) is 7.25. The lowest BCUT2D eigenvalue weighted by molar-refractivity contribution is 0.787. The van der Waals surface area contributed by atoms with Crippen LogP contribution in [0.3, 0.4) is 0 Å². The summed E-state index contributed by atoms with van der Waals surface area (Å²) in [6.07, 6.45) is 5.55. The topological polar surface area (TPSA) is 54.2 Å². The quantitative estimate of drug-likeness (QED) is 0.373. The molecule has 1 aromatic heterocycles. The molecule has 0 fully saturated rings. The first kappa shape index (κ1) is 19.0. The first-order valence-electron chi connectivity index (χ1n) is 8.98. The third-order valence-corrected chi connectivity index (χ3v) is 5.19. The Morgan fingerprint density at radius 3 is 2.63 bits per heavy atom. The largest absolute Gasteiger partial charge is 0.355 e. The normalized spacial score (nSPS) is 12.6. The van der Waals surface area contributed by atoms with Gasteiger partial charge in [0.15, 0.2) is 5.96 Å². The molecule has 0 amide bonds. The second-order valence-electron chi connectivity index (χ2n) is 6.15. The minimum atomic E-state index is 0.434. The van der Waals surface area contributed by atoms with Gasteiger partial charge in [0.25, 0.3) is 0 Å². The van der Waals surface area contributed by atoms with Crippen LogP contribution in [0.15, 0.2) is 83.2 Å². The van der Waals surface area contributed by atoms with E-state index < -0.39 is 0 Å². The van der Waals surface area contributed by atoms with E-state index in [4.69, 9.17) is 0 Å². The zero-order valence-corrected chi connectivity index (χ0v) is 16.5. The fraction of sp³-hybridized carbons (Fsp3) is 0.238. The summed E-state index contributed by atoms with van der Waals surface area (Å²) >= 11 is 1.86. The van der Waals surface area contributed by atoms with Gasteiger partial charge >= 0.3 is 0 Å². The van der Waals surface area contributed by atoms with Gasteiger partial charge in [0, 0.05) is 42.7 Å². The lowest BCUT2D eigenvalue weighted by Crippen LogP contribution is -2.39. The standard InChI is InChI=1S/C21H25N5S/c1-17(27-19-9-4-3-5-10-19)14-24-21(22-2)25-15-18-8-6-7-11-20(18)26-13-12-23-16-26/h3-13,16-17H,14-15H2,1-2H3,(H2,22,24,25). The highest BCUT2D eigenvalue weighted by atomic mass is 32.2. The Balaban J connectivity index is 1.53. The molecular formula is C21H25N5S. The van der Waals surface area contributed by atoms with E-state index in [0.717, 1.165) is 18.2 Å². The number of imidazole rings is 1. The van der Waals surface area contributed by atoms with E-state index >= 15 is 0 Å². The van der Waals surface area contributed by atoms with Gasteiger partial charge < -0.3 is 15.2 Å². The number of nitrogens with zero attached hydrogens (tertiary/aromatic N) is 3. The third kappa shape index (κ3) is 5.62. The van der Waals surface area contributed by atoms with Crippen LogP contribution in [0, 0.1) is 0 Å². The van der Waals surface area contributed by atoms with Crippen LogP contribution in [-0.4, -0.2) is 34.4 Å². The monoisotopic (exact) mass is 379 g/mol. The molecule has 3 aromatic rings. The molecule has 2 aromatic carbocycles. The number of thioether (sulfide) groups is 1. The van der Waals surface area contributed by atoms with Crippen LogP contribution in [0.5, 0.6) is 0 Å². The molecule has 27 heavy (non-hydrogen) atoms. The molecule has 0 aliphatic rings. The van der Waals surface area contributed by atoms with Gasteiger partial charge in [0.05, 0.1) is 12.0 Å². The fourth-order valence-electron chi connectivity index (χ4n) is 2.73. The fourth-order valence-corrected chi connectivity index (χ4v) is 3.67. The van der Waals surface area contributed by atoms with Crippen molar-refractivity contribution in [2.24, 2.45) is 4.99 Å². The molecule has 2 N–H and O–H groups in total. The van der Waals surface area contributed by atoms with Crippen molar-refractivity contribution in [2.45, 2.75) is 23.6 Å². The number of aromatic nitrogens is 2. The molecule has 6 heteroatoms. The van der Waals surface area contributed by atoms with Crippen molar-refractivity contribution in [2.75, 3.05) is 13.6 Å². The highest BCUT2D eigenvalue weighted by Crippen LogP contribution is 2.21. The Bertz CT molecular complexity index is 846. The van der Waals surface area contributed by atoms with Crippen molar-refractivity contribution < 1.29 is 0 Å². The van der Waals surface area contributed by atoms with Gasteiger partial charge in [-0.1, -0.05) is 43.3 Å². The van der Waals surface area contributed by atoms with Crippen LogP contribution in [0.2, 0.25) is 0 Å². The second kappa shape index (κ2) is 9.83. The number of hydrogen-bond donors (Lipinski definition) is 2. The summed E-state index contributed by atoms with van der Waals surface area (Å²) < 4.78 is 2.02. The highest BCUT2D eigenvalue weighted by Gasteiger charge is 2.07. The maximum Gasteiger partial charge on any atom is 0.191 e. The van der Waals surface area contributed by atoms with Gasteiger partial charge in [-0.05, 0) is 23.8 Å². The number of benzene rings is 2. The Hall–Kier alpha value is -2.73. The highest BCUT2D eigenvalue weighted by molar-refractivity contribution is 8.00. The Morgan fingerprint density at radius 1 is 1.11 bits per heavy atom. The molecule has 3 rings (SSSR count). The number of para-hydroxylation sites is 1. The zero-order valence-electron chi connectivity index (χ0n) is 15.7. The molecule has 1 unspecified atom stereocenters. The lowest BCUT2D eigenvalue weighted by atomic mass is 10.1. The van der Waals surface area contributed by atoms with Crippen molar-refractivity contribution in [3.05, 3.63) is 78.9 Å². The van der Waals surface area contributed by atoms with Crippen LogP contribution in [0.25, 0.3) is 5.69 Å². The number of nitrogens with one attached hydrogen (secondary N) is 2. The molecule has 140 valence electrons. The second-order valence-corrected chi connectivity index (χ2v) is 7.66. The SMILES string of the molecule is CN=C(NCc1ccccc1-n1ccnc1)NCC(C)Sc1ccccc1. The summed E-state index contributed by atoms with van der Waals surface area (Å²) in [6.45, 7) is 3.74. The van der Waals surface area contributed by atoms with E-state index in [2.05, 4.69) is 63.9 Å². The lowest BCUT2D eigenvalue weighted by Gasteiger charge is -2.17. The predicted octanol–water partition coefficient (Wildman–Crippen LogP) is 3.72. The van der Waals surface area contributed by atoms with Crippen LogP contribution < -0.4 is 10.6 Å². The van der Waals surface area contributed by atoms with E-state index in [9.17, 15) is 0 Å². The maximum atomic E-state index is 4.34. The maximum absolute atomic E-state index is 4.34. The zero-order chi connectivity index (χ0) is 18.9. The minimum Gasteiger partial charge on any atom is -0.355 e. The average Bonchev–Trinajstić information content (AvgIpc) is 3.24. The van der Waals surface area contributed by atoms with Crippen molar-refractivity contribution in [1.29, 1.82) is 0 Å². The molecule has 5 nitrogen and oxygen atoms in total. The Kier molecular flexibility index (Phi) is 6.93. The number of guanidine groups is 1. The number of aliphatic imine (C=N–C) groups is 1. The molecular weight excluding hydrogens is 354 g/mol. The first-order valence-corrected chi connectivity index (χ1v) is 9.86. The number of rotatable bonds is 7. The van der Waals surface area contributed by atoms with Crippen LogP contribution in [0.4, 0.5) is 0 Å². The van der Waals surface area contributed by atoms with E-state index in [1.165, 1.54) is 10.5 Å². The third-order valence-electron chi connectivity index (χ3n) is 4.08. The first-order chi connectivity index (χ1) is 13.3. The van der Waals surface area contributed by atoms with Gasteiger partial charge in [0.2, 0.25) is 0 Å². The van der Waals surface area contributed by atoms with E-state index in [-0.39, 0.29) is 0 Å².